The fourth-order valence-corrected chi connectivity index (χ4v) is 3.75. The maximum absolute atomic E-state index is 12.7. The van der Waals surface area contributed by atoms with E-state index < -0.39 is 11.7 Å². The Hall–Kier alpha value is -2.48. The Balaban J connectivity index is 1.28. The molecule has 160 valence electrons. The molecule has 1 saturated heterocycles. The van der Waals surface area contributed by atoms with Crippen molar-refractivity contribution in [3.63, 3.8) is 0 Å². The van der Waals surface area contributed by atoms with Crippen LogP contribution in [0.4, 0.5) is 23.8 Å². The number of halogens is 4. The molecule has 0 unspecified atom stereocenters. The lowest BCUT2D eigenvalue weighted by Crippen LogP contribution is -2.49. The zero-order valence-corrected chi connectivity index (χ0v) is 16.9. The Morgan fingerprint density at radius 3 is 2.27 bits per heavy atom. The van der Waals surface area contributed by atoms with Gasteiger partial charge in [-0.15, -0.1) is 0 Å². The number of benzene rings is 1. The maximum Gasteiger partial charge on any atom is 0.417 e. The van der Waals surface area contributed by atoms with Gasteiger partial charge >= 0.3 is 12.3 Å². The van der Waals surface area contributed by atoms with Gasteiger partial charge in [0.15, 0.2) is 0 Å². The number of anilines is 1. The first-order chi connectivity index (χ1) is 14.3. The quantitative estimate of drug-likeness (QED) is 0.690. The van der Waals surface area contributed by atoms with Crippen molar-refractivity contribution in [1.29, 1.82) is 0 Å². The molecule has 1 aliphatic heterocycles. The molecule has 2 aliphatic rings. The van der Waals surface area contributed by atoms with Crippen molar-refractivity contribution in [3.8, 4) is 0 Å². The van der Waals surface area contributed by atoms with E-state index in [-0.39, 0.29) is 11.5 Å². The molecule has 0 atom stereocenters. The second-order valence-corrected chi connectivity index (χ2v) is 8.16. The summed E-state index contributed by atoms with van der Waals surface area (Å²) in [4.78, 5) is 19.9. The van der Waals surface area contributed by atoms with Crippen LogP contribution in [-0.4, -0.2) is 48.8 Å². The highest BCUT2D eigenvalue weighted by Gasteiger charge is 2.45. The number of piperazine rings is 1. The molecule has 1 amide bonds. The molecule has 2 heterocycles. The lowest BCUT2D eigenvalue weighted by molar-refractivity contribution is -0.137. The van der Waals surface area contributed by atoms with Gasteiger partial charge in [0.1, 0.15) is 12.4 Å². The average molecular weight is 440 g/mol. The predicted molar refractivity (Wildman–Crippen MR) is 107 cm³/mol. The first-order valence-electron chi connectivity index (χ1n) is 9.73. The number of nitrogens with zero attached hydrogens (tertiary/aromatic N) is 3. The lowest BCUT2D eigenvalue weighted by atomic mass is 9.97. The third kappa shape index (κ3) is 4.48. The standard InChI is InChI=1S/C21H21ClF3N3O2/c22-17-4-1-15(2-5-17)20(7-8-20)14-30-19(29)28-11-9-27(10-12-28)18-6-3-16(13-26-18)21(23,24)25/h1-6,13H,7-12,14H2. The predicted octanol–water partition coefficient (Wildman–Crippen LogP) is 4.74. The van der Waals surface area contributed by atoms with Gasteiger partial charge in [-0.1, -0.05) is 23.7 Å². The summed E-state index contributed by atoms with van der Waals surface area (Å²) >= 11 is 5.94. The van der Waals surface area contributed by atoms with E-state index in [2.05, 4.69) is 4.98 Å². The molecule has 1 aliphatic carbocycles. The van der Waals surface area contributed by atoms with Crippen LogP contribution in [0.2, 0.25) is 5.02 Å². The van der Waals surface area contributed by atoms with Crippen molar-refractivity contribution in [3.05, 3.63) is 58.7 Å². The molecule has 2 fully saturated rings. The van der Waals surface area contributed by atoms with Gasteiger partial charge in [-0.05, 0) is 42.7 Å². The number of alkyl halides is 3. The van der Waals surface area contributed by atoms with E-state index in [0.717, 1.165) is 30.7 Å². The number of hydrogen-bond acceptors (Lipinski definition) is 4. The molecule has 4 rings (SSSR count). The highest BCUT2D eigenvalue weighted by molar-refractivity contribution is 6.30. The number of aromatic nitrogens is 1. The summed E-state index contributed by atoms with van der Waals surface area (Å²) in [6, 6.07) is 10.0. The summed E-state index contributed by atoms with van der Waals surface area (Å²) in [5.41, 5.74) is 0.229. The zero-order valence-electron chi connectivity index (χ0n) is 16.2. The van der Waals surface area contributed by atoms with Crippen LogP contribution in [0.1, 0.15) is 24.0 Å². The molecule has 2 aromatic rings. The monoisotopic (exact) mass is 439 g/mol. The SMILES string of the molecule is O=C(OCC1(c2ccc(Cl)cc2)CC1)N1CCN(c2ccc(C(F)(F)F)cn2)CC1. The summed E-state index contributed by atoms with van der Waals surface area (Å²) in [7, 11) is 0. The summed E-state index contributed by atoms with van der Waals surface area (Å²) in [6.07, 6.45) is -2.00. The highest BCUT2D eigenvalue weighted by Crippen LogP contribution is 2.48. The number of carbonyl (C=O) groups excluding carboxylic acids is 1. The molecule has 30 heavy (non-hydrogen) atoms. The highest BCUT2D eigenvalue weighted by atomic mass is 35.5. The van der Waals surface area contributed by atoms with Crippen LogP contribution in [0.25, 0.3) is 0 Å². The Labute approximate surface area is 177 Å². The first-order valence-corrected chi connectivity index (χ1v) is 10.1. The van der Waals surface area contributed by atoms with Gasteiger partial charge < -0.3 is 14.5 Å². The van der Waals surface area contributed by atoms with E-state index in [1.807, 2.05) is 29.2 Å². The maximum atomic E-state index is 12.7. The fraction of sp³-hybridized carbons (Fsp3) is 0.429. The van der Waals surface area contributed by atoms with Crippen molar-refractivity contribution in [1.82, 2.24) is 9.88 Å². The van der Waals surface area contributed by atoms with E-state index in [1.54, 1.807) is 4.90 Å². The zero-order chi connectivity index (χ0) is 21.4. The van der Waals surface area contributed by atoms with Gasteiger partial charge in [0.05, 0.1) is 5.56 Å². The second kappa shape index (κ2) is 7.98. The van der Waals surface area contributed by atoms with Crippen LogP contribution in [0.3, 0.4) is 0 Å². The van der Waals surface area contributed by atoms with Gasteiger partial charge in [-0.3, -0.25) is 0 Å². The van der Waals surface area contributed by atoms with Gasteiger partial charge in [0.2, 0.25) is 0 Å². The summed E-state index contributed by atoms with van der Waals surface area (Å²) in [5, 5.41) is 0.673. The molecular weight excluding hydrogens is 419 g/mol. The average Bonchev–Trinajstić information content (AvgIpc) is 3.53. The van der Waals surface area contributed by atoms with Crippen LogP contribution < -0.4 is 4.90 Å². The van der Waals surface area contributed by atoms with Crippen molar-refractivity contribution < 1.29 is 22.7 Å². The first kappa shape index (κ1) is 20.8. The van der Waals surface area contributed by atoms with Crippen molar-refractivity contribution in [2.75, 3.05) is 37.7 Å². The number of hydrogen-bond donors (Lipinski definition) is 0. The van der Waals surface area contributed by atoms with Crippen LogP contribution in [0, 0.1) is 0 Å². The minimum absolute atomic E-state index is 0.119. The molecule has 0 radical (unpaired) electrons. The molecule has 1 aromatic carbocycles. The van der Waals surface area contributed by atoms with E-state index >= 15 is 0 Å². The number of amides is 1. The number of rotatable bonds is 4. The second-order valence-electron chi connectivity index (χ2n) is 7.72. The Kier molecular flexibility index (Phi) is 5.53. The van der Waals surface area contributed by atoms with Gasteiger partial charge in [-0.25, -0.2) is 9.78 Å². The van der Waals surface area contributed by atoms with Gasteiger partial charge in [0.25, 0.3) is 0 Å². The van der Waals surface area contributed by atoms with Gasteiger partial charge in [-0.2, -0.15) is 13.2 Å². The molecule has 0 bridgehead atoms. The number of ether oxygens (including phenoxy) is 1. The smallest absolute Gasteiger partial charge is 0.417 e. The van der Waals surface area contributed by atoms with E-state index in [4.69, 9.17) is 16.3 Å². The van der Waals surface area contributed by atoms with Crippen molar-refractivity contribution >= 4 is 23.5 Å². The minimum Gasteiger partial charge on any atom is -0.448 e. The molecular formula is C21H21ClF3N3O2. The Bertz CT molecular complexity index is 891. The van der Waals surface area contributed by atoms with E-state index in [0.29, 0.717) is 43.6 Å². The summed E-state index contributed by atoms with van der Waals surface area (Å²) in [5.74, 6) is 0.468. The van der Waals surface area contributed by atoms with Crippen LogP contribution >= 0.6 is 11.6 Å². The largest absolute Gasteiger partial charge is 0.448 e. The van der Waals surface area contributed by atoms with Crippen molar-refractivity contribution in [2.24, 2.45) is 0 Å². The summed E-state index contributed by atoms with van der Waals surface area (Å²) in [6.45, 7) is 2.14. The summed E-state index contributed by atoms with van der Waals surface area (Å²) < 4.78 is 43.6. The van der Waals surface area contributed by atoms with Crippen LogP contribution in [-0.2, 0) is 16.3 Å². The molecule has 0 spiro atoms. The van der Waals surface area contributed by atoms with Crippen molar-refractivity contribution in [2.45, 2.75) is 24.4 Å². The van der Waals surface area contributed by atoms with E-state index in [1.165, 1.54) is 6.07 Å². The van der Waals surface area contributed by atoms with Crippen LogP contribution in [0.5, 0.6) is 0 Å². The number of carbonyl (C=O) groups is 1. The molecule has 1 aromatic heterocycles. The normalized spacial score (nSPS) is 18.3. The van der Waals surface area contributed by atoms with Gasteiger partial charge in [0, 0.05) is 42.8 Å². The topological polar surface area (TPSA) is 45.7 Å². The minimum atomic E-state index is -4.40. The lowest BCUT2D eigenvalue weighted by Gasteiger charge is -2.35. The molecule has 1 saturated carbocycles. The van der Waals surface area contributed by atoms with E-state index in [9.17, 15) is 18.0 Å². The fourth-order valence-electron chi connectivity index (χ4n) is 3.62. The molecule has 5 nitrogen and oxygen atoms in total. The third-order valence-corrected chi connectivity index (χ3v) is 5.97. The Morgan fingerprint density at radius 1 is 1.07 bits per heavy atom. The molecule has 0 N–H and O–H groups in total. The number of pyridine rings is 1. The third-order valence-electron chi connectivity index (χ3n) is 5.72. The van der Waals surface area contributed by atoms with Crippen LogP contribution in [0.15, 0.2) is 42.6 Å². The Morgan fingerprint density at radius 2 is 1.73 bits per heavy atom. The molecule has 9 heteroatoms.